The van der Waals surface area contributed by atoms with Crippen LogP contribution in [-0.2, 0) is 4.74 Å². The average molecular weight is 169 g/mol. The van der Waals surface area contributed by atoms with Crippen LogP contribution in [0.5, 0.6) is 0 Å². The number of hydrogen-bond donors (Lipinski definition) is 2. The molecule has 0 saturated carbocycles. The first kappa shape index (κ1) is 9.06. The van der Waals surface area contributed by atoms with E-state index in [-0.39, 0.29) is 6.10 Å². The lowest BCUT2D eigenvalue weighted by Gasteiger charge is -2.11. The van der Waals surface area contributed by atoms with Crippen LogP contribution < -0.4 is 5.32 Å². The Bertz CT molecular complexity index is 198. The van der Waals surface area contributed by atoms with E-state index in [2.05, 4.69) is 15.3 Å². The number of ether oxygens (including phenoxy) is 1. The van der Waals surface area contributed by atoms with Crippen molar-refractivity contribution in [3.05, 3.63) is 12.4 Å². The van der Waals surface area contributed by atoms with Gasteiger partial charge in [-0.15, -0.1) is 0 Å². The monoisotopic (exact) mass is 169 g/mol. The van der Waals surface area contributed by atoms with E-state index in [1.165, 1.54) is 0 Å². The molecule has 1 aromatic rings. The Morgan fingerprint density at radius 1 is 1.75 bits per heavy atom. The number of rotatable bonds is 5. The highest BCUT2D eigenvalue weighted by Crippen LogP contribution is 1.96. The summed E-state index contributed by atoms with van der Waals surface area (Å²) < 4.78 is 5.34. The van der Waals surface area contributed by atoms with E-state index in [0.29, 0.717) is 0 Å². The van der Waals surface area contributed by atoms with Crippen molar-refractivity contribution < 1.29 is 4.74 Å². The lowest BCUT2D eigenvalue weighted by Crippen LogP contribution is -2.20. The summed E-state index contributed by atoms with van der Waals surface area (Å²) in [6, 6.07) is 0. The predicted octanol–water partition coefficient (Wildman–Crippen LogP) is 1.25. The Hall–Kier alpha value is -1.03. The fourth-order valence-electron chi connectivity index (χ4n) is 0.946. The Labute approximate surface area is 72.3 Å². The molecular formula is C8H15N3O. The van der Waals surface area contributed by atoms with Crippen LogP contribution in [0, 0.1) is 0 Å². The molecule has 0 spiro atoms. The summed E-state index contributed by atoms with van der Waals surface area (Å²) in [5, 5.41) is 3.12. The number of imidazole rings is 1. The first-order chi connectivity index (χ1) is 5.83. The summed E-state index contributed by atoms with van der Waals surface area (Å²) in [6.45, 7) is 5.55. The topological polar surface area (TPSA) is 49.9 Å². The minimum atomic E-state index is 0.222. The number of hydrogen-bond acceptors (Lipinski definition) is 3. The molecule has 0 aliphatic rings. The van der Waals surface area contributed by atoms with Crippen LogP contribution in [0.1, 0.15) is 13.8 Å². The number of nitrogens with one attached hydrogen (secondary N) is 2. The molecule has 0 amide bonds. The molecule has 1 heterocycles. The summed E-state index contributed by atoms with van der Waals surface area (Å²) in [4.78, 5) is 6.98. The van der Waals surface area contributed by atoms with E-state index in [0.717, 1.165) is 19.1 Å². The molecule has 0 bridgehead atoms. The molecule has 0 radical (unpaired) electrons. The summed E-state index contributed by atoms with van der Waals surface area (Å²) in [6.07, 6.45) is 3.72. The number of anilines is 1. The molecule has 1 aromatic heterocycles. The van der Waals surface area contributed by atoms with Crippen molar-refractivity contribution in [3.8, 4) is 0 Å². The third-order valence-corrected chi connectivity index (χ3v) is 1.51. The zero-order chi connectivity index (χ0) is 8.81. The second kappa shape index (κ2) is 4.77. The first-order valence-corrected chi connectivity index (χ1v) is 4.17. The number of aromatic amines is 1. The van der Waals surface area contributed by atoms with E-state index >= 15 is 0 Å². The van der Waals surface area contributed by atoms with Gasteiger partial charge in [-0.1, -0.05) is 0 Å². The molecule has 2 N–H and O–H groups in total. The van der Waals surface area contributed by atoms with Crippen LogP contribution in [0.4, 0.5) is 5.95 Å². The summed E-state index contributed by atoms with van der Waals surface area (Å²) in [5.74, 6) is 0.793. The van der Waals surface area contributed by atoms with Gasteiger partial charge in [0.2, 0.25) is 0 Å². The average Bonchev–Trinajstić information content (AvgIpc) is 2.53. The van der Waals surface area contributed by atoms with E-state index in [4.69, 9.17) is 4.74 Å². The number of nitrogens with zero attached hydrogens (tertiary/aromatic N) is 1. The van der Waals surface area contributed by atoms with Crippen LogP contribution in [0.2, 0.25) is 0 Å². The third kappa shape index (κ3) is 2.92. The molecule has 0 fully saturated rings. The van der Waals surface area contributed by atoms with Crippen LogP contribution in [0.15, 0.2) is 12.4 Å². The summed E-state index contributed by atoms with van der Waals surface area (Å²) in [7, 11) is 0. The Balaban J connectivity index is 2.17. The van der Waals surface area contributed by atoms with Gasteiger partial charge in [0.05, 0.1) is 6.10 Å². The van der Waals surface area contributed by atoms with Gasteiger partial charge >= 0.3 is 0 Å². The van der Waals surface area contributed by atoms with Gasteiger partial charge in [-0.3, -0.25) is 0 Å². The molecule has 0 aliphatic carbocycles. The number of aromatic nitrogens is 2. The van der Waals surface area contributed by atoms with E-state index in [1.54, 1.807) is 12.4 Å². The van der Waals surface area contributed by atoms with Gasteiger partial charge in [0, 0.05) is 25.5 Å². The van der Waals surface area contributed by atoms with E-state index in [9.17, 15) is 0 Å². The Morgan fingerprint density at radius 3 is 3.17 bits per heavy atom. The normalized spacial score (nSPS) is 12.8. The van der Waals surface area contributed by atoms with Crippen LogP contribution in [-0.4, -0.2) is 29.2 Å². The number of H-pyrrole nitrogens is 1. The second-order valence-corrected chi connectivity index (χ2v) is 2.58. The molecule has 0 aliphatic heterocycles. The van der Waals surface area contributed by atoms with Crippen LogP contribution >= 0.6 is 0 Å². The maximum absolute atomic E-state index is 5.34. The smallest absolute Gasteiger partial charge is 0.200 e. The van der Waals surface area contributed by atoms with Gasteiger partial charge in [0.15, 0.2) is 5.95 Å². The second-order valence-electron chi connectivity index (χ2n) is 2.58. The van der Waals surface area contributed by atoms with Gasteiger partial charge in [-0.25, -0.2) is 4.98 Å². The Kier molecular flexibility index (Phi) is 3.60. The van der Waals surface area contributed by atoms with Crippen molar-refractivity contribution >= 4 is 5.95 Å². The van der Waals surface area contributed by atoms with E-state index < -0.39 is 0 Å². The lowest BCUT2D eigenvalue weighted by atomic mass is 10.4. The van der Waals surface area contributed by atoms with Gasteiger partial charge in [0.1, 0.15) is 0 Å². The Morgan fingerprint density at radius 2 is 2.58 bits per heavy atom. The minimum absolute atomic E-state index is 0.222. The predicted molar refractivity (Wildman–Crippen MR) is 48.2 cm³/mol. The van der Waals surface area contributed by atoms with Crippen LogP contribution in [0.3, 0.4) is 0 Å². The van der Waals surface area contributed by atoms with Crippen molar-refractivity contribution in [3.63, 3.8) is 0 Å². The highest BCUT2D eigenvalue weighted by Gasteiger charge is 2.00. The SMILES string of the molecule is CCOC(C)CNc1ncc[nH]1. The van der Waals surface area contributed by atoms with Crippen molar-refractivity contribution in [2.24, 2.45) is 0 Å². The highest BCUT2D eigenvalue weighted by atomic mass is 16.5. The quantitative estimate of drug-likeness (QED) is 0.697. The molecule has 4 heteroatoms. The lowest BCUT2D eigenvalue weighted by molar-refractivity contribution is 0.0854. The molecular weight excluding hydrogens is 154 g/mol. The van der Waals surface area contributed by atoms with E-state index in [1.807, 2.05) is 13.8 Å². The van der Waals surface area contributed by atoms with Gasteiger partial charge in [-0.05, 0) is 13.8 Å². The molecule has 68 valence electrons. The van der Waals surface area contributed by atoms with Crippen molar-refractivity contribution in [1.29, 1.82) is 0 Å². The molecule has 12 heavy (non-hydrogen) atoms. The first-order valence-electron chi connectivity index (χ1n) is 4.17. The maximum atomic E-state index is 5.34. The molecule has 0 saturated heterocycles. The maximum Gasteiger partial charge on any atom is 0.200 e. The van der Waals surface area contributed by atoms with Crippen molar-refractivity contribution in [1.82, 2.24) is 9.97 Å². The zero-order valence-electron chi connectivity index (χ0n) is 7.50. The highest BCUT2D eigenvalue weighted by molar-refractivity contribution is 5.22. The molecule has 0 aromatic carbocycles. The van der Waals surface area contributed by atoms with Crippen LogP contribution in [0.25, 0.3) is 0 Å². The van der Waals surface area contributed by atoms with Gasteiger partial charge < -0.3 is 15.0 Å². The minimum Gasteiger partial charge on any atom is -0.377 e. The molecule has 4 nitrogen and oxygen atoms in total. The largest absolute Gasteiger partial charge is 0.377 e. The standard InChI is InChI=1S/C8H15N3O/c1-3-12-7(2)6-11-8-9-4-5-10-8/h4-5,7H,3,6H2,1-2H3,(H2,9,10,11). The molecule has 1 unspecified atom stereocenters. The summed E-state index contributed by atoms with van der Waals surface area (Å²) in [5.41, 5.74) is 0. The fourth-order valence-corrected chi connectivity index (χ4v) is 0.946. The van der Waals surface area contributed by atoms with Gasteiger partial charge in [-0.2, -0.15) is 0 Å². The molecule has 1 rings (SSSR count). The third-order valence-electron chi connectivity index (χ3n) is 1.51. The molecule has 1 atom stereocenters. The zero-order valence-corrected chi connectivity index (χ0v) is 7.50. The summed E-state index contributed by atoms with van der Waals surface area (Å²) >= 11 is 0. The van der Waals surface area contributed by atoms with Crippen molar-refractivity contribution in [2.45, 2.75) is 20.0 Å². The van der Waals surface area contributed by atoms with Crippen molar-refractivity contribution in [2.75, 3.05) is 18.5 Å². The van der Waals surface area contributed by atoms with Gasteiger partial charge in [0.25, 0.3) is 0 Å². The fraction of sp³-hybridized carbons (Fsp3) is 0.625.